The monoisotopic (exact) mass is 301 g/mol. The Bertz CT molecular complexity index is 562. The molecule has 5 heteroatoms. The first kappa shape index (κ1) is 15.0. The van der Waals surface area contributed by atoms with E-state index in [1.54, 1.807) is 4.90 Å². The molecule has 22 heavy (non-hydrogen) atoms. The molecule has 2 aliphatic heterocycles. The number of likely N-dealkylation sites (tertiary alicyclic amines) is 1. The van der Waals surface area contributed by atoms with Crippen LogP contribution in [0.25, 0.3) is 0 Å². The van der Waals surface area contributed by atoms with Crippen molar-refractivity contribution in [2.45, 2.75) is 32.2 Å². The van der Waals surface area contributed by atoms with Crippen molar-refractivity contribution in [3.8, 4) is 0 Å². The van der Waals surface area contributed by atoms with Crippen LogP contribution in [0.2, 0.25) is 0 Å². The molecular formula is C17H23N3O2. The molecular weight excluding hydrogens is 278 g/mol. The first-order chi connectivity index (χ1) is 10.5. The molecule has 0 spiro atoms. The number of nitrogens with zero attached hydrogens (tertiary/aromatic N) is 2. The number of carbonyl (C=O) groups is 2. The van der Waals surface area contributed by atoms with E-state index in [4.69, 9.17) is 5.73 Å². The van der Waals surface area contributed by atoms with Crippen molar-refractivity contribution in [3.63, 3.8) is 0 Å². The number of amides is 2. The number of piperidine rings is 1. The van der Waals surface area contributed by atoms with E-state index in [2.05, 4.69) is 0 Å². The number of hydrogen-bond donors (Lipinski definition) is 1. The van der Waals surface area contributed by atoms with Gasteiger partial charge in [0, 0.05) is 37.8 Å². The summed E-state index contributed by atoms with van der Waals surface area (Å²) in [4.78, 5) is 28.4. The number of benzene rings is 1. The standard InChI is InChI=1S/C17H23N3O2/c1-12-2-4-15(5-3-12)20-11-13(10-16(20)21)17(22)19-8-6-14(18)7-9-19/h2-5,13-14H,6-11,18H2,1H3. The first-order valence-electron chi connectivity index (χ1n) is 7.96. The number of anilines is 1. The van der Waals surface area contributed by atoms with Crippen LogP contribution in [-0.4, -0.2) is 42.4 Å². The molecule has 2 aliphatic rings. The Kier molecular flexibility index (Phi) is 4.16. The maximum Gasteiger partial charge on any atom is 0.228 e. The highest BCUT2D eigenvalue weighted by atomic mass is 16.2. The molecule has 2 heterocycles. The van der Waals surface area contributed by atoms with Gasteiger partial charge in [-0.15, -0.1) is 0 Å². The lowest BCUT2D eigenvalue weighted by atomic mass is 10.0. The van der Waals surface area contributed by atoms with E-state index in [0.717, 1.165) is 37.2 Å². The molecule has 118 valence electrons. The van der Waals surface area contributed by atoms with Crippen LogP contribution in [-0.2, 0) is 9.59 Å². The predicted octanol–water partition coefficient (Wildman–Crippen LogP) is 1.30. The van der Waals surface area contributed by atoms with E-state index >= 15 is 0 Å². The Hall–Kier alpha value is -1.88. The van der Waals surface area contributed by atoms with E-state index < -0.39 is 0 Å². The summed E-state index contributed by atoms with van der Waals surface area (Å²) < 4.78 is 0. The van der Waals surface area contributed by atoms with Crippen LogP contribution in [0.15, 0.2) is 24.3 Å². The summed E-state index contributed by atoms with van der Waals surface area (Å²) in [5.74, 6) is -0.0751. The van der Waals surface area contributed by atoms with E-state index in [1.807, 2.05) is 36.1 Å². The highest BCUT2D eigenvalue weighted by Crippen LogP contribution is 2.27. The molecule has 1 aromatic rings. The normalized spacial score (nSPS) is 23.2. The Morgan fingerprint density at radius 3 is 2.45 bits per heavy atom. The van der Waals surface area contributed by atoms with E-state index in [1.165, 1.54) is 0 Å². The molecule has 1 atom stereocenters. The van der Waals surface area contributed by atoms with Crippen LogP contribution in [0.3, 0.4) is 0 Å². The Balaban J connectivity index is 1.66. The van der Waals surface area contributed by atoms with Crippen molar-refractivity contribution in [2.75, 3.05) is 24.5 Å². The quantitative estimate of drug-likeness (QED) is 0.895. The molecule has 2 amide bonds. The average molecular weight is 301 g/mol. The fraction of sp³-hybridized carbons (Fsp3) is 0.529. The molecule has 0 bridgehead atoms. The van der Waals surface area contributed by atoms with Gasteiger partial charge in [0.25, 0.3) is 0 Å². The molecule has 0 saturated carbocycles. The van der Waals surface area contributed by atoms with Gasteiger partial charge in [-0.25, -0.2) is 0 Å². The lowest BCUT2D eigenvalue weighted by molar-refractivity contribution is -0.136. The lowest BCUT2D eigenvalue weighted by Crippen LogP contribution is -2.45. The third kappa shape index (κ3) is 2.99. The van der Waals surface area contributed by atoms with E-state index in [0.29, 0.717) is 13.0 Å². The number of rotatable bonds is 2. The van der Waals surface area contributed by atoms with Gasteiger partial charge < -0.3 is 15.5 Å². The minimum atomic E-state index is -0.219. The van der Waals surface area contributed by atoms with Gasteiger partial charge >= 0.3 is 0 Å². The van der Waals surface area contributed by atoms with Gasteiger partial charge in [-0.3, -0.25) is 9.59 Å². The molecule has 1 unspecified atom stereocenters. The van der Waals surface area contributed by atoms with Crippen molar-refractivity contribution in [1.82, 2.24) is 4.90 Å². The van der Waals surface area contributed by atoms with Gasteiger partial charge in [-0.05, 0) is 31.9 Å². The minimum absolute atomic E-state index is 0.0379. The van der Waals surface area contributed by atoms with Crippen LogP contribution >= 0.6 is 0 Å². The third-order valence-corrected chi connectivity index (χ3v) is 4.67. The second-order valence-electron chi connectivity index (χ2n) is 6.40. The highest BCUT2D eigenvalue weighted by Gasteiger charge is 2.37. The van der Waals surface area contributed by atoms with Crippen molar-refractivity contribution >= 4 is 17.5 Å². The Morgan fingerprint density at radius 1 is 1.18 bits per heavy atom. The molecule has 3 rings (SSSR count). The maximum absolute atomic E-state index is 12.6. The van der Waals surface area contributed by atoms with E-state index in [9.17, 15) is 9.59 Å². The maximum atomic E-state index is 12.6. The summed E-state index contributed by atoms with van der Waals surface area (Å²) in [6.07, 6.45) is 2.03. The fourth-order valence-electron chi connectivity index (χ4n) is 3.23. The summed E-state index contributed by atoms with van der Waals surface area (Å²) in [6, 6.07) is 8.08. The molecule has 1 aromatic carbocycles. The van der Waals surface area contributed by atoms with E-state index in [-0.39, 0.29) is 23.8 Å². The number of hydrogen-bond acceptors (Lipinski definition) is 3. The topological polar surface area (TPSA) is 66.6 Å². The third-order valence-electron chi connectivity index (χ3n) is 4.67. The number of aryl methyl sites for hydroxylation is 1. The Labute approximate surface area is 131 Å². The van der Waals surface area contributed by atoms with Crippen LogP contribution in [0.5, 0.6) is 0 Å². The number of nitrogens with two attached hydrogens (primary N) is 1. The van der Waals surface area contributed by atoms with Crippen LogP contribution in [0, 0.1) is 12.8 Å². The second kappa shape index (κ2) is 6.08. The van der Waals surface area contributed by atoms with Gasteiger partial charge in [0.05, 0.1) is 5.92 Å². The summed E-state index contributed by atoms with van der Waals surface area (Å²) in [7, 11) is 0. The summed E-state index contributed by atoms with van der Waals surface area (Å²) in [5, 5.41) is 0. The minimum Gasteiger partial charge on any atom is -0.342 e. The molecule has 0 aliphatic carbocycles. The summed E-state index contributed by atoms with van der Waals surface area (Å²) in [5.41, 5.74) is 7.92. The molecule has 2 fully saturated rings. The summed E-state index contributed by atoms with van der Waals surface area (Å²) >= 11 is 0. The second-order valence-corrected chi connectivity index (χ2v) is 6.40. The zero-order chi connectivity index (χ0) is 15.7. The molecule has 2 saturated heterocycles. The SMILES string of the molecule is Cc1ccc(N2CC(C(=O)N3CCC(N)CC3)CC2=O)cc1. The largest absolute Gasteiger partial charge is 0.342 e. The van der Waals surface area contributed by atoms with Crippen molar-refractivity contribution in [3.05, 3.63) is 29.8 Å². The smallest absolute Gasteiger partial charge is 0.228 e. The molecule has 2 N–H and O–H groups in total. The average Bonchev–Trinajstić information content (AvgIpc) is 2.90. The van der Waals surface area contributed by atoms with Gasteiger partial charge in [0.2, 0.25) is 11.8 Å². The van der Waals surface area contributed by atoms with Crippen molar-refractivity contribution < 1.29 is 9.59 Å². The number of carbonyl (C=O) groups excluding carboxylic acids is 2. The van der Waals surface area contributed by atoms with Gasteiger partial charge in [0.15, 0.2) is 0 Å². The van der Waals surface area contributed by atoms with Gasteiger partial charge in [0.1, 0.15) is 0 Å². The van der Waals surface area contributed by atoms with Crippen molar-refractivity contribution in [1.29, 1.82) is 0 Å². The summed E-state index contributed by atoms with van der Waals surface area (Å²) in [6.45, 7) is 3.94. The Morgan fingerprint density at radius 2 is 1.82 bits per heavy atom. The van der Waals surface area contributed by atoms with Gasteiger partial charge in [-0.1, -0.05) is 17.7 Å². The molecule has 0 aromatic heterocycles. The predicted molar refractivity (Wildman–Crippen MR) is 85.4 cm³/mol. The van der Waals surface area contributed by atoms with Crippen LogP contribution in [0.1, 0.15) is 24.8 Å². The zero-order valence-corrected chi connectivity index (χ0v) is 13.0. The zero-order valence-electron chi connectivity index (χ0n) is 13.0. The fourth-order valence-corrected chi connectivity index (χ4v) is 3.23. The first-order valence-corrected chi connectivity index (χ1v) is 7.96. The van der Waals surface area contributed by atoms with Crippen molar-refractivity contribution in [2.24, 2.45) is 11.7 Å². The molecule has 5 nitrogen and oxygen atoms in total. The van der Waals surface area contributed by atoms with Crippen LogP contribution in [0.4, 0.5) is 5.69 Å². The highest BCUT2D eigenvalue weighted by molar-refractivity contribution is 6.00. The van der Waals surface area contributed by atoms with Crippen LogP contribution < -0.4 is 10.6 Å². The molecule has 0 radical (unpaired) electrons. The van der Waals surface area contributed by atoms with Gasteiger partial charge in [-0.2, -0.15) is 0 Å². The lowest BCUT2D eigenvalue weighted by Gasteiger charge is -2.31.